The predicted molar refractivity (Wildman–Crippen MR) is 50.1 cm³/mol. The maximum Gasteiger partial charge on any atom is 0.0969 e. The van der Waals surface area contributed by atoms with Crippen LogP contribution >= 0.6 is 0 Å². The minimum absolute atomic E-state index is 0.406. The lowest BCUT2D eigenvalue weighted by Crippen LogP contribution is -2.27. The molecule has 3 heteroatoms. The average Bonchev–Trinajstić information content (AvgIpc) is 2.15. The normalized spacial score (nSPS) is 27.8. The van der Waals surface area contributed by atoms with Gasteiger partial charge in [-0.25, -0.2) is 0 Å². The topological polar surface area (TPSA) is 33.3 Å². The van der Waals surface area contributed by atoms with Crippen molar-refractivity contribution in [2.45, 2.75) is 26.4 Å². The second-order valence-corrected chi connectivity index (χ2v) is 3.63. The van der Waals surface area contributed by atoms with Crippen LogP contribution in [0.15, 0.2) is 0 Å². The van der Waals surface area contributed by atoms with Gasteiger partial charge in [-0.05, 0) is 18.9 Å². The Morgan fingerprint density at radius 2 is 1.92 bits per heavy atom. The lowest BCUT2D eigenvalue weighted by Gasteiger charge is -2.20. The second-order valence-electron chi connectivity index (χ2n) is 3.63. The van der Waals surface area contributed by atoms with E-state index in [9.17, 15) is 0 Å². The van der Waals surface area contributed by atoms with Crippen LogP contribution in [0.1, 0.15) is 20.3 Å². The highest BCUT2D eigenvalue weighted by atomic mass is 16.5. The number of hydrogen-bond donors (Lipinski definition) is 2. The van der Waals surface area contributed by atoms with Gasteiger partial charge in [0.05, 0.1) is 12.8 Å². The van der Waals surface area contributed by atoms with Gasteiger partial charge in [0.25, 0.3) is 0 Å². The van der Waals surface area contributed by atoms with Gasteiger partial charge in [-0.2, -0.15) is 0 Å². The Kier molecular flexibility index (Phi) is 4.58. The first kappa shape index (κ1) is 9.96. The van der Waals surface area contributed by atoms with Crippen LogP contribution in [-0.2, 0) is 4.74 Å². The quantitative estimate of drug-likeness (QED) is 0.606. The third-order valence-corrected chi connectivity index (χ3v) is 2.23. The van der Waals surface area contributed by atoms with Gasteiger partial charge in [-0.3, -0.25) is 5.32 Å². The van der Waals surface area contributed by atoms with Crippen LogP contribution in [0.4, 0.5) is 0 Å². The molecule has 0 amide bonds. The third kappa shape index (κ3) is 3.52. The van der Waals surface area contributed by atoms with Gasteiger partial charge < -0.3 is 10.1 Å². The number of nitrogens with one attached hydrogen (secondary N) is 2. The van der Waals surface area contributed by atoms with E-state index in [1.165, 1.54) is 0 Å². The highest BCUT2D eigenvalue weighted by molar-refractivity contribution is 4.66. The molecule has 0 unspecified atom stereocenters. The zero-order chi connectivity index (χ0) is 8.81. The van der Waals surface area contributed by atoms with Gasteiger partial charge in [0.2, 0.25) is 0 Å². The molecule has 1 aliphatic rings. The van der Waals surface area contributed by atoms with Crippen LogP contribution in [0.2, 0.25) is 0 Å². The summed E-state index contributed by atoms with van der Waals surface area (Å²) in [5, 5.41) is 6.60. The van der Waals surface area contributed by atoms with Crippen molar-refractivity contribution in [1.82, 2.24) is 10.6 Å². The molecule has 72 valence electrons. The monoisotopic (exact) mass is 172 g/mol. The summed E-state index contributed by atoms with van der Waals surface area (Å²) in [4.78, 5) is 0. The minimum atomic E-state index is 0.406. The van der Waals surface area contributed by atoms with Crippen molar-refractivity contribution in [3.05, 3.63) is 0 Å². The van der Waals surface area contributed by atoms with Crippen LogP contribution in [0.3, 0.4) is 0 Å². The molecule has 1 saturated heterocycles. The molecule has 0 aromatic carbocycles. The van der Waals surface area contributed by atoms with E-state index < -0.39 is 0 Å². The van der Waals surface area contributed by atoms with Gasteiger partial charge in [-0.15, -0.1) is 0 Å². The van der Waals surface area contributed by atoms with E-state index >= 15 is 0 Å². The first-order valence-electron chi connectivity index (χ1n) is 4.83. The highest BCUT2D eigenvalue weighted by Gasteiger charge is 2.13. The molecule has 1 atom stereocenters. The Hall–Kier alpha value is -0.120. The van der Waals surface area contributed by atoms with Crippen LogP contribution < -0.4 is 10.6 Å². The average molecular weight is 172 g/mol. The molecule has 0 spiro atoms. The fraction of sp³-hybridized carbons (Fsp3) is 1.00. The van der Waals surface area contributed by atoms with Gasteiger partial charge in [0.15, 0.2) is 0 Å². The molecule has 1 aliphatic heterocycles. The Morgan fingerprint density at radius 3 is 2.67 bits per heavy atom. The maximum atomic E-state index is 5.67. The fourth-order valence-corrected chi connectivity index (χ4v) is 1.39. The summed E-state index contributed by atoms with van der Waals surface area (Å²) >= 11 is 0. The van der Waals surface area contributed by atoms with E-state index in [0.717, 1.165) is 26.1 Å². The largest absolute Gasteiger partial charge is 0.363 e. The van der Waals surface area contributed by atoms with E-state index in [1.54, 1.807) is 0 Å². The van der Waals surface area contributed by atoms with Crippen molar-refractivity contribution in [2.24, 2.45) is 5.92 Å². The molecule has 3 nitrogen and oxygen atoms in total. The van der Waals surface area contributed by atoms with Crippen LogP contribution in [0.25, 0.3) is 0 Å². The highest BCUT2D eigenvalue weighted by Crippen LogP contribution is 2.09. The van der Waals surface area contributed by atoms with Crippen LogP contribution in [0.5, 0.6) is 0 Å². The van der Waals surface area contributed by atoms with Crippen molar-refractivity contribution in [3.8, 4) is 0 Å². The van der Waals surface area contributed by atoms with Crippen molar-refractivity contribution < 1.29 is 4.74 Å². The van der Waals surface area contributed by atoms with Gasteiger partial charge in [0, 0.05) is 13.1 Å². The van der Waals surface area contributed by atoms with E-state index in [1.807, 2.05) is 0 Å². The summed E-state index contributed by atoms with van der Waals surface area (Å²) in [6.07, 6.45) is 1.53. The molecule has 1 rings (SSSR count). The molecule has 1 fully saturated rings. The summed E-state index contributed by atoms with van der Waals surface area (Å²) in [6.45, 7) is 8.25. The van der Waals surface area contributed by atoms with Crippen LogP contribution in [-0.4, -0.2) is 32.5 Å². The molecule has 0 aliphatic carbocycles. The first-order valence-corrected chi connectivity index (χ1v) is 4.83. The Balaban J connectivity index is 2.28. The first-order chi connectivity index (χ1) is 5.80. The Labute approximate surface area is 74.9 Å². The maximum absolute atomic E-state index is 5.67. The Bertz CT molecular complexity index is 107. The summed E-state index contributed by atoms with van der Waals surface area (Å²) < 4.78 is 5.67. The third-order valence-electron chi connectivity index (χ3n) is 2.23. The van der Waals surface area contributed by atoms with E-state index in [4.69, 9.17) is 4.74 Å². The van der Waals surface area contributed by atoms with Crippen molar-refractivity contribution >= 4 is 0 Å². The van der Waals surface area contributed by atoms with E-state index in [-0.39, 0.29) is 0 Å². The smallest absolute Gasteiger partial charge is 0.0969 e. The van der Waals surface area contributed by atoms with E-state index in [2.05, 4.69) is 24.5 Å². The Morgan fingerprint density at radius 1 is 1.17 bits per heavy atom. The molecule has 1 heterocycles. The molecule has 0 aromatic heterocycles. The van der Waals surface area contributed by atoms with Crippen molar-refractivity contribution in [3.63, 3.8) is 0 Å². The standard InChI is InChI=1S/C9H20N2O/c1-8(2)9-3-4-10-5-6-11-7-12-9/h8-11H,3-7H2,1-2H3/t9-/m0/s1. The molecule has 0 aromatic rings. The number of hydrogen-bond acceptors (Lipinski definition) is 3. The van der Waals surface area contributed by atoms with Crippen molar-refractivity contribution in [2.75, 3.05) is 26.4 Å². The second kappa shape index (κ2) is 5.51. The molecular weight excluding hydrogens is 152 g/mol. The summed E-state index contributed by atoms with van der Waals surface area (Å²) in [6, 6.07) is 0. The summed E-state index contributed by atoms with van der Waals surface area (Å²) in [5.74, 6) is 0.617. The molecule has 0 bridgehead atoms. The van der Waals surface area contributed by atoms with Crippen molar-refractivity contribution in [1.29, 1.82) is 0 Å². The zero-order valence-electron chi connectivity index (χ0n) is 8.10. The molecule has 0 radical (unpaired) electrons. The lowest BCUT2D eigenvalue weighted by atomic mass is 10.0. The molecular formula is C9H20N2O. The number of ether oxygens (including phenoxy) is 1. The zero-order valence-corrected chi connectivity index (χ0v) is 8.10. The van der Waals surface area contributed by atoms with Gasteiger partial charge in [-0.1, -0.05) is 13.8 Å². The fourth-order valence-electron chi connectivity index (χ4n) is 1.39. The molecule has 0 saturated carbocycles. The number of rotatable bonds is 1. The predicted octanol–water partition coefficient (Wildman–Crippen LogP) is 0.568. The van der Waals surface area contributed by atoms with Crippen LogP contribution in [0, 0.1) is 5.92 Å². The SMILES string of the molecule is CC(C)[C@@H]1CCNCCNCO1. The minimum Gasteiger partial charge on any atom is -0.363 e. The summed E-state index contributed by atoms with van der Waals surface area (Å²) in [7, 11) is 0. The van der Waals surface area contributed by atoms with E-state index in [0.29, 0.717) is 18.8 Å². The lowest BCUT2D eigenvalue weighted by molar-refractivity contribution is 0.0103. The molecule has 12 heavy (non-hydrogen) atoms. The van der Waals surface area contributed by atoms with Gasteiger partial charge >= 0.3 is 0 Å². The summed E-state index contributed by atoms with van der Waals surface area (Å²) in [5.41, 5.74) is 0. The molecule has 2 N–H and O–H groups in total. The van der Waals surface area contributed by atoms with Gasteiger partial charge in [0.1, 0.15) is 0 Å².